The van der Waals surface area contributed by atoms with Gasteiger partial charge in [0, 0.05) is 31.9 Å². The van der Waals surface area contributed by atoms with Gasteiger partial charge in [-0.15, -0.1) is 0 Å². The molecule has 0 spiro atoms. The molecule has 0 saturated carbocycles. The van der Waals surface area contributed by atoms with E-state index in [0.717, 1.165) is 54.5 Å². The Labute approximate surface area is 129 Å². The fourth-order valence-corrected chi connectivity index (χ4v) is 2.99. The molecule has 2 aromatic heterocycles. The minimum absolute atomic E-state index is 0.819. The van der Waals surface area contributed by atoms with Crippen LogP contribution in [0.5, 0.6) is 0 Å². The zero-order valence-corrected chi connectivity index (χ0v) is 12.6. The van der Waals surface area contributed by atoms with Crippen molar-refractivity contribution >= 4 is 16.9 Å². The number of H-pyrrole nitrogens is 1. The topological polar surface area (TPSA) is 56.8 Å². The minimum atomic E-state index is 0.819. The van der Waals surface area contributed by atoms with Crippen molar-refractivity contribution in [3.05, 3.63) is 42.2 Å². The SMILES string of the molecule is Cc1nc(N2CCNCC2)c2[nH]c(-c3ccccc3)cc2n1. The first kappa shape index (κ1) is 13.3. The Morgan fingerprint density at radius 1 is 1.05 bits per heavy atom. The van der Waals surface area contributed by atoms with Crippen LogP contribution in [0.2, 0.25) is 0 Å². The molecular formula is C17H19N5. The zero-order chi connectivity index (χ0) is 14.9. The largest absolute Gasteiger partial charge is 0.352 e. The predicted molar refractivity (Wildman–Crippen MR) is 89.1 cm³/mol. The van der Waals surface area contributed by atoms with E-state index in [1.807, 2.05) is 13.0 Å². The van der Waals surface area contributed by atoms with E-state index in [4.69, 9.17) is 0 Å². The van der Waals surface area contributed by atoms with Crippen LogP contribution in [-0.2, 0) is 0 Å². The van der Waals surface area contributed by atoms with Crippen LogP contribution in [0, 0.1) is 6.92 Å². The molecule has 0 bridgehead atoms. The number of rotatable bonds is 2. The molecule has 4 rings (SSSR count). The highest BCUT2D eigenvalue weighted by atomic mass is 15.2. The van der Waals surface area contributed by atoms with Crippen LogP contribution in [0.3, 0.4) is 0 Å². The van der Waals surface area contributed by atoms with Crippen molar-refractivity contribution in [1.29, 1.82) is 0 Å². The Hall–Kier alpha value is -2.40. The molecule has 1 aliphatic rings. The highest BCUT2D eigenvalue weighted by Crippen LogP contribution is 2.28. The second-order valence-corrected chi connectivity index (χ2v) is 5.64. The molecule has 1 fully saturated rings. The van der Waals surface area contributed by atoms with Crippen molar-refractivity contribution in [1.82, 2.24) is 20.3 Å². The maximum Gasteiger partial charge on any atom is 0.156 e. The summed E-state index contributed by atoms with van der Waals surface area (Å²) in [6, 6.07) is 12.5. The van der Waals surface area contributed by atoms with Crippen LogP contribution in [0.25, 0.3) is 22.3 Å². The van der Waals surface area contributed by atoms with Crippen LogP contribution in [0.1, 0.15) is 5.82 Å². The molecule has 2 N–H and O–H groups in total. The summed E-state index contributed by atoms with van der Waals surface area (Å²) in [7, 11) is 0. The van der Waals surface area contributed by atoms with Crippen LogP contribution in [0.4, 0.5) is 5.82 Å². The number of hydrogen-bond donors (Lipinski definition) is 2. The van der Waals surface area contributed by atoms with E-state index in [1.54, 1.807) is 0 Å². The summed E-state index contributed by atoms with van der Waals surface area (Å²) in [5, 5.41) is 3.38. The molecule has 1 saturated heterocycles. The van der Waals surface area contributed by atoms with Crippen molar-refractivity contribution in [3.63, 3.8) is 0 Å². The zero-order valence-electron chi connectivity index (χ0n) is 12.6. The molecule has 0 radical (unpaired) electrons. The monoisotopic (exact) mass is 293 g/mol. The highest BCUT2D eigenvalue weighted by molar-refractivity contribution is 5.90. The summed E-state index contributed by atoms with van der Waals surface area (Å²) in [5.74, 6) is 1.84. The number of anilines is 1. The fraction of sp³-hybridized carbons (Fsp3) is 0.294. The van der Waals surface area contributed by atoms with E-state index in [9.17, 15) is 0 Å². The highest BCUT2D eigenvalue weighted by Gasteiger charge is 2.18. The lowest BCUT2D eigenvalue weighted by Gasteiger charge is -2.28. The van der Waals surface area contributed by atoms with Gasteiger partial charge in [0.2, 0.25) is 0 Å². The van der Waals surface area contributed by atoms with E-state index in [2.05, 4.69) is 55.5 Å². The minimum Gasteiger partial charge on any atom is -0.352 e. The second kappa shape index (κ2) is 5.42. The van der Waals surface area contributed by atoms with Gasteiger partial charge in [0.25, 0.3) is 0 Å². The third kappa shape index (κ3) is 2.33. The number of piperazine rings is 1. The van der Waals surface area contributed by atoms with Crippen molar-refractivity contribution in [2.24, 2.45) is 0 Å². The average Bonchev–Trinajstić information content (AvgIpc) is 2.99. The number of fused-ring (bicyclic) bond motifs is 1. The molecule has 1 aliphatic heterocycles. The van der Waals surface area contributed by atoms with E-state index in [-0.39, 0.29) is 0 Å². The van der Waals surface area contributed by atoms with Gasteiger partial charge in [0.1, 0.15) is 11.3 Å². The maximum absolute atomic E-state index is 4.69. The molecular weight excluding hydrogens is 274 g/mol. The molecule has 0 amide bonds. The lowest BCUT2D eigenvalue weighted by molar-refractivity contribution is 0.585. The Bertz CT molecular complexity index is 787. The summed E-state index contributed by atoms with van der Waals surface area (Å²) in [5.41, 5.74) is 4.28. The summed E-state index contributed by atoms with van der Waals surface area (Å²) in [4.78, 5) is 15.1. The molecule has 0 atom stereocenters. The van der Waals surface area contributed by atoms with Gasteiger partial charge in [0.15, 0.2) is 5.82 Å². The van der Waals surface area contributed by atoms with Crippen molar-refractivity contribution in [2.75, 3.05) is 31.1 Å². The van der Waals surface area contributed by atoms with Gasteiger partial charge in [-0.25, -0.2) is 9.97 Å². The lowest BCUT2D eigenvalue weighted by atomic mass is 10.2. The first-order chi connectivity index (χ1) is 10.8. The van der Waals surface area contributed by atoms with Crippen LogP contribution in [-0.4, -0.2) is 41.1 Å². The Morgan fingerprint density at radius 3 is 2.59 bits per heavy atom. The van der Waals surface area contributed by atoms with E-state index >= 15 is 0 Å². The van der Waals surface area contributed by atoms with Crippen LogP contribution < -0.4 is 10.2 Å². The number of nitrogens with one attached hydrogen (secondary N) is 2. The smallest absolute Gasteiger partial charge is 0.156 e. The molecule has 5 nitrogen and oxygen atoms in total. The molecule has 5 heteroatoms. The molecule has 0 aliphatic carbocycles. The number of nitrogens with zero attached hydrogens (tertiary/aromatic N) is 3. The number of benzene rings is 1. The Morgan fingerprint density at radius 2 is 1.82 bits per heavy atom. The van der Waals surface area contributed by atoms with Gasteiger partial charge in [-0.2, -0.15) is 0 Å². The molecule has 0 unspecified atom stereocenters. The standard InChI is InChI=1S/C17H19N5/c1-12-19-15-11-14(13-5-3-2-4-6-13)21-16(15)17(20-12)22-9-7-18-8-10-22/h2-6,11,18,21H,7-10H2,1H3. The Balaban J connectivity index is 1.84. The molecule has 22 heavy (non-hydrogen) atoms. The number of aryl methyl sites for hydroxylation is 1. The quantitative estimate of drug-likeness (QED) is 0.761. The summed E-state index contributed by atoms with van der Waals surface area (Å²) in [6.45, 7) is 5.91. The number of hydrogen-bond acceptors (Lipinski definition) is 4. The van der Waals surface area contributed by atoms with Gasteiger partial charge in [-0.1, -0.05) is 30.3 Å². The normalized spacial score (nSPS) is 15.4. The van der Waals surface area contributed by atoms with Gasteiger partial charge in [-0.3, -0.25) is 0 Å². The molecule has 112 valence electrons. The summed E-state index contributed by atoms with van der Waals surface area (Å²) < 4.78 is 0. The first-order valence-corrected chi connectivity index (χ1v) is 7.70. The maximum atomic E-state index is 4.69. The number of aromatic amines is 1. The van der Waals surface area contributed by atoms with Crippen molar-refractivity contribution in [3.8, 4) is 11.3 Å². The van der Waals surface area contributed by atoms with E-state index < -0.39 is 0 Å². The molecule has 3 aromatic rings. The lowest BCUT2D eigenvalue weighted by Crippen LogP contribution is -2.44. The van der Waals surface area contributed by atoms with Crippen molar-refractivity contribution in [2.45, 2.75) is 6.92 Å². The van der Waals surface area contributed by atoms with Crippen molar-refractivity contribution < 1.29 is 0 Å². The molecule has 3 heterocycles. The van der Waals surface area contributed by atoms with Crippen LogP contribution >= 0.6 is 0 Å². The second-order valence-electron chi connectivity index (χ2n) is 5.64. The van der Waals surface area contributed by atoms with Gasteiger partial charge >= 0.3 is 0 Å². The average molecular weight is 293 g/mol. The third-order valence-electron chi connectivity index (χ3n) is 4.07. The summed E-state index contributed by atoms with van der Waals surface area (Å²) in [6.07, 6.45) is 0. The van der Waals surface area contributed by atoms with Crippen LogP contribution in [0.15, 0.2) is 36.4 Å². The van der Waals surface area contributed by atoms with E-state index in [0.29, 0.717) is 0 Å². The predicted octanol–water partition coefficient (Wildman–Crippen LogP) is 2.34. The number of aromatic nitrogens is 3. The van der Waals surface area contributed by atoms with Gasteiger partial charge in [0.05, 0.1) is 5.52 Å². The fourth-order valence-electron chi connectivity index (χ4n) is 2.99. The van der Waals surface area contributed by atoms with Gasteiger partial charge < -0.3 is 15.2 Å². The third-order valence-corrected chi connectivity index (χ3v) is 4.07. The summed E-state index contributed by atoms with van der Waals surface area (Å²) >= 11 is 0. The van der Waals surface area contributed by atoms with E-state index in [1.165, 1.54) is 5.56 Å². The Kier molecular flexibility index (Phi) is 3.27. The first-order valence-electron chi connectivity index (χ1n) is 7.70. The molecule has 1 aromatic carbocycles. The van der Waals surface area contributed by atoms with Gasteiger partial charge in [-0.05, 0) is 18.6 Å².